The fourth-order valence-electron chi connectivity index (χ4n) is 3.77. The van der Waals surface area contributed by atoms with Crippen LogP contribution in [0.2, 0.25) is 0 Å². The van der Waals surface area contributed by atoms with Crippen LogP contribution in [0.25, 0.3) is 0 Å². The summed E-state index contributed by atoms with van der Waals surface area (Å²) in [6.45, 7) is 6.81. The molecule has 1 aromatic carbocycles. The van der Waals surface area contributed by atoms with Crippen LogP contribution in [-0.4, -0.2) is 73.6 Å². The number of likely N-dealkylation sites (N-methyl/N-ethyl adjacent to an activating group) is 1. The van der Waals surface area contributed by atoms with E-state index < -0.39 is 10.0 Å². The van der Waals surface area contributed by atoms with Crippen LogP contribution in [0, 0.1) is 0 Å². The predicted molar refractivity (Wildman–Crippen MR) is 106 cm³/mol. The molecule has 28 heavy (non-hydrogen) atoms. The van der Waals surface area contributed by atoms with Gasteiger partial charge in [-0.3, -0.25) is 9.59 Å². The summed E-state index contributed by atoms with van der Waals surface area (Å²) in [5.41, 5.74) is 2.37. The summed E-state index contributed by atoms with van der Waals surface area (Å²) in [6.07, 6.45) is 4.21. The summed E-state index contributed by atoms with van der Waals surface area (Å²) in [7, 11) is -3.56. The second-order valence-corrected chi connectivity index (χ2v) is 9.06. The molecule has 1 heterocycles. The van der Waals surface area contributed by atoms with Gasteiger partial charge in [0.25, 0.3) is 0 Å². The molecule has 0 bridgehead atoms. The number of carbonyl (C=O) groups is 2. The van der Waals surface area contributed by atoms with Gasteiger partial charge in [-0.15, -0.1) is 0 Å². The van der Waals surface area contributed by atoms with E-state index in [1.165, 1.54) is 20.8 Å². The van der Waals surface area contributed by atoms with E-state index in [4.69, 9.17) is 0 Å². The number of nitrogens with zero attached hydrogens (tertiary/aromatic N) is 3. The Morgan fingerprint density at radius 1 is 1.14 bits per heavy atom. The molecule has 2 aliphatic rings. The van der Waals surface area contributed by atoms with Crippen LogP contribution in [0.4, 0.5) is 0 Å². The summed E-state index contributed by atoms with van der Waals surface area (Å²) in [4.78, 5) is 27.6. The Kier molecular flexibility index (Phi) is 6.20. The van der Waals surface area contributed by atoms with E-state index in [-0.39, 0.29) is 31.4 Å². The maximum atomic E-state index is 13.0. The minimum atomic E-state index is -3.56. The van der Waals surface area contributed by atoms with Gasteiger partial charge in [-0.25, -0.2) is 8.42 Å². The van der Waals surface area contributed by atoms with Crippen LogP contribution in [-0.2, 0) is 32.5 Å². The summed E-state index contributed by atoms with van der Waals surface area (Å²) in [5, 5.41) is 0. The van der Waals surface area contributed by atoms with Crippen LogP contribution in [0.3, 0.4) is 0 Å². The summed E-state index contributed by atoms with van der Waals surface area (Å²) in [5.74, 6) is -0.458. The first kappa shape index (κ1) is 20.5. The van der Waals surface area contributed by atoms with Crippen molar-refractivity contribution in [1.82, 2.24) is 14.1 Å². The lowest BCUT2D eigenvalue weighted by molar-refractivity contribution is -0.138. The molecule has 7 nitrogen and oxygen atoms in total. The summed E-state index contributed by atoms with van der Waals surface area (Å²) in [6, 6.07) is 5.41. The number of rotatable bonds is 6. The van der Waals surface area contributed by atoms with Gasteiger partial charge in [0.2, 0.25) is 21.8 Å². The van der Waals surface area contributed by atoms with E-state index in [1.54, 1.807) is 24.0 Å². The number of fused-ring (bicyclic) bond motifs is 1. The number of hydrogen-bond acceptors (Lipinski definition) is 4. The van der Waals surface area contributed by atoms with Crippen molar-refractivity contribution in [1.29, 1.82) is 0 Å². The van der Waals surface area contributed by atoms with Crippen molar-refractivity contribution in [2.45, 2.75) is 31.1 Å². The average molecular weight is 406 g/mol. The van der Waals surface area contributed by atoms with Crippen molar-refractivity contribution in [3.8, 4) is 0 Å². The minimum Gasteiger partial charge on any atom is -0.339 e. The maximum Gasteiger partial charge on any atom is 0.246 e. The lowest BCUT2D eigenvalue weighted by Crippen LogP contribution is -2.52. The largest absolute Gasteiger partial charge is 0.339 e. The molecule has 0 radical (unpaired) electrons. The molecule has 0 spiro atoms. The molecule has 152 valence electrons. The second kappa shape index (κ2) is 8.45. The van der Waals surface area contributed by atoms with Crippen LogP contribution >= 0.6 is 0 Å². The Morgan fingerprint density at radius 3 is 2.46 bits per heavy atom. The van der Waals surface area contributed by atoms with Crippen LogP contribution < -0.4 is 0 Å². The van der Waals surface area contributed by atoms with Crippen LogP contribution in [0.15, 0.2) is 35.7 Å². The van der Waals surface area contributed by atoms with Gasteiger partial charge in [-0.05, 0) is 55.5 Å². The zero-order chi connectivity index (χ0) is 20.3. The van der Waals surface area contributed by atoms with E-state index in [0.717, 1.165) is 24.8 Å². The highest BCUT2D eigenvalue weighted by Crippen LogP contribution is 2.26. The molecular formula is C20H27N3O4S. The number of amides is 2. The molecule has 0 atom stereocenters. The number of sulfonamides is 1. The highest BCUT2D eigenvalue weighted by molar-refractivity contribution is 7.89. The van der Waals surface area contributed by atoms with Crippen molar-refractivity contribution in [3.63, 3.8) is 0 Å². The molecule has 1 fully saturated rings. The third-order valence-corrected chi connectivity index (χ3v) is 7.39. The smallest absolute Gasteiger partial charge is 0.246 e. The highest BCUT2D eigenvalue weighted by Gasteiger charge is 2.31. The third kappa shape index (κ3) is 4.12. The molecule has 0 unspecified atom stereocenters. The highest BCUT2D eigenvalue weighted by atomic mass is 32.2. The first-order valence-corrected chi connectivity index (χ1v) is 11.1. The monoisotopic (exact) mass is 405 g/mol. The normalized spacial score (nSPS) is 17.2. The molecule has 1 aliphatic carbocycles. The Balaban J connectivity index is 1.62. The first-order chi connectivity index (χ1) is 13.4. The molecule has 3 rings (SSSR count). The van der Waals surface area contributed by atoms with Crippen molar-refractivity contribution in [2.75, 3.05) is 39.3 Å². The number of aryl methyl sites for hydroxylation is 2. The van der Waals surface area contributed by atoms with E-state index in [2.05, 4.69) is 6.58 Å². The van der Waals surface area contributed by atoms with Crippen molar-refractivity contribution >= 4 is 21.8 Å². The van der Waals surface area contributed by atoms with Gasteiger partial charge in [-0.1, -0.05) is 12.6 Å². The topological polar surface area (TPSA) is 78.0 Å². The van der Waals surface area contributed by atoms with Gasteiger partial charge in [0.1, 0.15) is 0 Å². The molecule has 8 heteroatoms. The summed E-state index contributed by atoms with van der Waals surface area (Å²) >= 11 is 0. The zero-order valence-electron chi connectivity index (χ0n) is 16.3. The van der Waals surface area contributed by atoms with Crippen LogP contribution in [0.1, 0.15) is 24.5 Å². The van der Waals surface area contributed by atoms with Crippen molar-refractivity contribution in [2.24, 2.45) is 0 Å². The van der Waals surface area contributed by atoms with E-state index >= 15 is 0 Å². The Hall–Kier alpha value is -2.19. The van der Waals surface area contributed by atoms with Gasteiger partial charge in [0.05, 0.1) is 11.4 Å². The molecular weight excluding hydrogens is 378 g/mol. The maximum absolute atomic E-state index is 13.0. The average Bonchev–Trinajstić information content (AvgIpc) is 3.19. The van der Waals surface area contributed by atoms with Crippen LogP contribution in [0.5, 0.6) is 0 Å². The molecule has 1 aliphatic heterocycles. The van der Waals surface area contributed by atoms with Gasteiger partial charge in [0, 0.05) is 32.7 Å². The molecule has 0 aromatic heterocycles. The zero-order valence-corrected chi connectivity index (χ0v) is 17.1. The van der Waals surface area contributed by atoms with Gasteiger partial charge >= 0.3 is 0 Å². The summed E-state index contributed by atoms with van der Waals surface area (Å²) < 4.78 is 27.4. The van der Waals surface area contributed by atoms with E-state index in [0.29, 0.717) is 24.5 Å². The number of hydrogen-bond donors (Lipinski definition) is 0. The van der Waals surface area contributed by atoms with Crippen molar-refractivity contribution in [3.05, 3.63) is 42.0 Å². The minimum absolute atomic E-state index is 0.0150. The molecule has 2 amide bonds. The molecule has 0 N–H and O–H groups in total. The molecule has 0 saturated carbocycles. The lowest BCUT2D eigenvalue weighted by Gasteiger charge is -2.35. The standard InChI is InChI=1S/C20H27N3O4S/c1-3-19(24)21(4-2)15-20(25)22-10-12-23(13-11-22)28(26,27)18-9-8-16-6-5-7-17(16)14-18/h3,8-9,14H,1,4-7,10-13,15H2,2H3. The van der Waals surface area contributed by atoms with Gasteiger partial charge in [0.15, 0.2) is 0 Å². The Labute approximate surface area is 166 Å². The second-order valence-electron chi connectivity index (χ2n) is 7.13. The first-order valence-electron chi connectivity index (χ1n) is 9.68. The van der Waals surface area contributed by atoms with Gasteiger partial charge < -0.3 is 9.80 Å². The Bertz CT molecular complexity index is 873. The Morgan fingerprint density at radius 2 is 1.82 bits per heavy atom. The molecule has 1 aromatic rings. The number of benzene rings is 1. The molecule has 1 saturated heterocycles. The quantitative estimate of drug-likeness (QED) is 0.663. The predicted octanol–water partition coefficient (Wildman–Crippen LogP) is 1.04. The lowest BCUT2D eigenvalue weighted by atomic mass is 10.1. The SMILES string of the molecule is C=CC(=O)N(CC)CC(=O)N1CCN(S(=O)(=O)c2ccc3c(c2)CCC3)CC1. The number of piperazine rings is 1. The van der Waals surface area contributed by atoms with E-state index in [1.807, 2.05) is 6.07 Å². The van der Waals surface area contributed by atoms with Gasteiger partial charge in [-0.2, -0.15) is 4.31 Å². The fourth-order valence-corrected chi connectivity index (χ4v) is 5.25. The third-order valence-electron chi connectivity index (χ3n) is 5.49. The van der Waals surface area contributed by atoms with E-state index in [9.17, 15) is 18.0 Å². The van der Waals surface area contributed by atoms with Crippen molar-refractivity contribution < 1.29 is 18.0 Å². The fraction of sp³-hybridized carbons (Fsp3) is 0.500. The number of carbonyl (C=O) groups excluding carboxylic acids is 2.